The van der Waals surface area contributed by atoms with Crippen LogP contribution in [0.3, 0.4) is 0 Å². The van der Waals surface area contributed by atoms with E-state index < -0.39 is 0 Å². The van der Waals surface area contributed by atoms with Crippen molar-refractivity contribution in [2.45, 2.75) is 13.8 Å². The summed E-state index contributed by atoms with van der Waals surface area (Å²) in [5.74, 6) is 0. The predicted molar refractivity (Wildman–Crippen MR) is 25.7 cm³/mol. The Kier molecular flexibility index (Phi) is 449. The zero-order valence-corrected chi connectivity index (χ0v) is 10.7. The molecule has 0 rings (SSSR count). The molecule has 7 heavy (non-hydrogen) atoms. The molecule has 2 radical (unpaired) electrons. The van der Waals surface area contributed by atoms with Gasteiger partial charge in [-0.1, -0.05) is 0 Å². The van der Waals surface area contributed by atoms with Crippen LogP contribution in [0.4, 0.5) is 0 Å². The standard InChI is InChI=1S/2C2H5.H2O.2Y/c2*1-2;;;/h2*1H2,2H3;1H2;;/q2*-1;;;. The zero-order chi connectivity index (χ0) is 4.00. The van der Waals surface area contributed by atoms with Gasteiger partial charge in [0.15, 0.2) is 0 Å². The molecule has 0 saturated carbocycles. The molecule has 0 aromatic carbocycles. The van der Waals surface area contributed by atoms with Gasteiger partial charge in [-0.3, -0.25) is 0 Å². The Morgan fingerprint density at radius 2 is 0.714 bits per heavy atom. The summed E-state index contributed by atoms with van der Waals surface area (Å²) in [5.41, 5.74) is 0. The molecule has 0 saturated heterocycles. The van der Waals surface area contributed by atoms with E-state index in [1.54, 1.807) is 13.8 Å². The summed E-state index contributed by atoms with van der Waals surface area (Å²) in [6.45, 7) is 10.0. The molecule has 0 aliphatic rings. The van der Waals surface area contributed by atoms with Crippen LogP contribution < -0.4 is 0 Å². The summed E-state index contributed by atoms with van der Waals surface area (Å²) >= 11 is 0. The van der Waals surface area contributed by atoms with Crippen molar-refractivity contribution in [3.05, 3.63) is 13.8 Å². The maximum absolute atomic E-state index is 3.25. The third-order valence-electron chi connectivity index (χ3n) is 0. The second-order valence-electron chi connectivity index (χ2n) is 0. The van der Waals surface area contributed by atoms with Gasteiger partial charge in [-0.15, -0.1) is 0 Å². The molecule has 0 atom stereocenters. The van der Waals surface area contributed by atoms with Gasteiger partial charge in [0.25, 0.3) is 0 Å². The Hall–Kier alpha value is 2.17. The fraction of sp³-hybridized carbons (Fsp3) is 0.500. The Morgan fingerprint density at radius 1 is 0.714 bits per heavy atom. The number of hydrogen-bond donors (Lipinski definition) is 0. The Balaban J connectivity index is -0.00000000267. The molecule has 0 spiro atoms. The number of rotatable bonds is 0. The molecule has 0 unspecified atom stereocenters. The Labute approximate surface area is 97.1 Å². The van der Waals surface area contributed by atoms with E-state index >= 15 is 0 Å². The van der Waals surface area contributed by atoms with Gasteiger partial charge in [-0.25, -0.2) is 0 Å². The first-order valence-electron chi connectivity index (χ1n) is 1.41. The second kappa shape index (κ2) is 89.3. The van der Waals surface area contributed by atoms with Gasteiger partial charge in [0.2, 0.25) is 0 Å². The van der Waals surface area contributed by atoms with Crippen LogP contribution in [-0.2, 0) is 65.4 Å². The molecule has 0 aromatic rings. The molecule has 2 N–H and O–H groups in total. The third kappa shape index (κ3) is 66.1. The molecule has 42 valence electrons. The largest absolute Gasteiger partial charge is 0.412 e. The monoisotopic (exact) mass is 254 g/mol. The molecule has 0 bridgehead atoms. The van der Waals surface area contributed by atoms with E-state index in [1.165, 1.54) is 0 Å². The maximum Gasteiger partial charge on any atom is 0 e. The van der Waals surface area contributed by atoms with Crippen LogP contribution in [0, 0.1) is 13.8 Å². The topological polar surface area (TPSA) is 31.5 Å². The van der Waals surface area contributed by atoms with Gasteiger partial charge < -0.3 is 19.3 Å². The summed E-state index contributed by atoms with van der Waals surface area (Å²) in [7, 11) is 0. The molecule has 0 aliphatic carbocycles. The van der Waals surface area contributed by atoms with Crippen molar-refractivity contribution in [2.75, 3.05) is 0 Å². The van der Waals surface area contributed by atoms with Gasteiger partial charge in [-0.2, -0.15) is 13.8 Å². The Bertz CT molecular complexity index is 9.65. The summed E-state index contributed by atoms with van der Waals surface area (Å²) in [5, 5.41) is 0. The average molecular weight is 254 g/mol. The molecule has 0 aliphatic heterocycles. The van der Waals surface area contributed by atoms with Crippen molar-refractivity contribution >= 4 is 0 Å². The minimum absolute atomic E-state index is 0. The maximum atomic E-state index is 3.25. The van der Waals surface area contributed by atoms with Crippen LogP contribution >= 0.6 is 0 Å². The second-order valence-corrected chi connectivity index (χ2v) is 0. The van der Waals surface area contributed by atoms with Gasteiger partial charge >= 0.3 is 0 Å². The van der Waals surface area contributed by atoms with Gasteiger partial charge in [0.1, 0.15) is 0 Å². The van der Waals surface area contributed by atoms with Crippen LogP contribution in [0.1, 0.15) is 13.8 Å². The van der Waals surface area contributed by atoms with E-state index in [0.717, 1.165) is 0 Å². The molecule has 0 heterocycles. The molecular weight excluding hydrogens is 242 g/mol. The predicted octanol–water partition coefficient (Wildman–Crippen LogP) is 0.851. The summed E-state index contributed by atoms with van der Waals surface area (Å²) < 4.78 is 0. The Morgan fingerprint density at radius 3 is 0.714 bits per heavy atom. The van der Waals surface area contributed by atoms with E-state index in [0.29, 0.717) is 0 Å². The molecule has 0 amide bonds. The van der Waals surface area contributed by atoms with Crippen LogP contribution in [0.5, 0.6) is 0 Å². The van der Waals surface area contributed by atoms with Crippen molar-refractivity contribution in [3.8, 4) is 0 Å². The van der Waals surface area contributed by atoms with Gasteiger partial charge in [-0.05, 0) is 0 Å². The van der Waals surface area contributed by atoms with Crippen LogP contribution in [0.2, 0.25) is 0 Å². The summed E-state index contributed by atoms with van der Waals surface area (Å²) in [6, 6.07) is 0. The molecular formula is C4H12OY2-2. The van der Waals surface area contributed by atoms with Crippen molar-refractivity contribution in [3.63, 3.8) is 0 Å². The van der Waals surface area contributed by atoms with E-state index in [1.807, 2.05) is 0 Å². The minimum atomic E-state index is 0. The van der Waals surface area contributed by atoms with Crippen molar-refractivity contribution in [1.29, 1.82) is 0 Å². The van der Waals surface area contributed by atoms with Crippen molar-refractivity contribution in [2.24, 2.45) is 0 Å². The fourth-order valence-corrected chi connectivity index (χ4v) is 0. The summed E-state index contributed by atoms with van der Waals surface area (Å²) in [4.78, 5) is 0. The molecule has 1 nitrogen and oxygen atoms in total. The first-order chi connectivity index (χ1) is 2.00. The quantitative estimate of drug-likeness (QED) is 0.574. The van der Waals surface area contributed by atoms with Crippen molar-refractivity contribution < 1.29 is 70.9 Å². The third-order valence-corrected chi connectivity index (χ3v) is 0. The molecule has 0 fully saturated rings. The summed E-state index contributed by atoms with van der Waals surface area (Å²) in [6.07, 6.45) is 0. The van der Waals surface area contributed by atoms with E-state index in [-0.39, 0.29) is 70.9 Å². The smallest absolute Gasteiger partial charge is 0 e. The molecule has 0 aromatic heterocycles. The zero-order valence-electron chi connectivity index (χ0n) is 5.07. The van der Waals surface area contributed by atoms with Gasteiger partial charge in [0, 0.05) is 65.4 Å². The van der Waals surface area contributed by atoms with E-state index in [9.17, 15) is 0 Å². The first kappa shape index (κ1) is 35.2. The SMILES string of the molecule is O.[CH2-]C.[CH2-]C.[Y].[Y]. The normalized spacial score (nSPS) is 1.71. The van der Waals surface area contributed by atoms with Gasteiger partial charge in [0.05, 0.1) is 0 Å². The van der Waals surface area contributed by atoms with Crippen LogP contribution in [-0.4, -0.2) is 5.48 Å². The first-order valence-corrected chi connectivity index (χ1v) is 1.41. The van der Waals surface area contributed by atoms with Crippen LogP contribution in [0.25, 0.3) is 0 Å². The van der Waals surface area contributed by atoms with Crippen LogP contribution in [0.15, 0.2) is 0 Å². The fourth-order valence-electron chi connectivity index (χ4n) is 0. The average Bonchev–Trinajstić information content (AvgIpc) is 1.50. The van der Waals surface area contributed by atoms with Crippen molar-refractivity contribution in [1.82, 2.24) is 0 Å². The van der Waals surface area contributed by atoms with E-state index in [4.69, 9.17) is 0 Å². The van der Waals surface area contributed by atoms with E-state index in [2.05, 4.69) is 13.8 Å². The number of hydrogen-bond acceptors (Lipinski definition) is 0. The minimum Gasteiger partial charge on any atom is -0.412 e. The molecule has 3 heteroatoms.